The highest BCUT2D eigenvalue weighted by atomic mass is 16.5. The standard InChI is InChI=1S/C12H18N2O3/c1-14(7-6-13)12(15)10-5-4-9(16-2)8-11(10)17-3/h4-5,8H,6-7,13H2,1-3H3. The molecule has 5 heteroatoms. The summed E-state index contributed by atoms with van der Waals surface area (Å²) in [5, 5.41) is 0. The van der Waals surface area contributed by atoms with Crippen LogP contribution < -0.4 is 15.2 Å². The van der Waals surface area contributed by atoms with Crippen LogP contribution in [0.15, 0.2) is 18.2 Å². The molecule has 0 unspecified atom stereocenters. The molecule has 0 spiro atoms. The Morgan fingerprint density at radius 1 is 1.35 bits per heavy atom. The van der Waals surface area contributed by atoms with Gasteiger partial charge in [-0.1, -0.05) is 0 Å². The number of hydrogen-bond donors (Lipinski definition) is 1. The molecule has 2 N–H and O–H groups in total. The predicted octanol–water partition coefficient (Wildman–Crippen LogP) is 0.734. The van der Waals surface area contributed by atoms with Crippen molar-refractivity contribution in [2.75, 3.05) is 34.4 Å². The fourth-order valence-electron chi connectivity index (χ4n) is 1.48. The Morgan fingerprint density at radius 3 is 2.59 bits per heavy atom. The number of carbonyl (C=O) groups excluding carboxylic acids is 1. The first-order valence-electron chi connectivity index (χ1n) is 5.31. The van der Waals surface area contributed by atoms with E-state index in [0.29, 0.717) is 30.2 Å². The Kier molecular flexibility index (Phi) is 4.78. The molecular formula is C12H18N2O3. The van der Waals surface area contributed by atoms with Crippen molar-refractivity contribution in [3.05, 3.63) is 23.8 Å². The molecule has 0 saturated heterocycles. The fourth-order valence-corrected chi connectivity index (χ4v) is 1.48. The van der Waals surface area contributed by atoms with E-state index < -0.39 is 0 Å². The van der Waals surface area contributed by atoms with Gasteiger partial charge in [0, 0.05) is 26.2 Å². The van der Waals surface area contributed by atoms with Crippen molar-refractivity contribution in [3.63, 3.8) is 0 Å². The molecular weight excluding hydrogens is 220 g/mol. The average molecular weight is 238 g/mol. The minimum atomic E-state index is -0.116. The van der Waals surface area contributed by atoms with Crippen molar-refractivity contribution in [3.8, 4) is 11.5 Å². The van der Waals surface area contributed by atoms with Crippen LogP contribution in [-0.2, 0) is 0 Å². The molecule has 0 atom stereocenters. The molecule has 94 valence electrons. The van der Waals surface area contributed by atoms with Gasteiger partial charge in [-0.25, -0.2) is 0 Å². The summed E-state index contributed by atoms with van der Waals surface area (Å²) >= 11 is 0. The summed E-state index contributed by atoms with van der Waals surface area (Å²) in [4.78, 5) is 13.6. The molecule has 0 radical (unpaired) electrons. The van der Waals surface area contributed by atoms with Gasteiger partial charge in [0.1, 0.15) is 11.5 Å². The van der Waals surface area contributed by atoms with E-state index in [1.807, 2.05) is 0 Å². The highest BCUT2D eigenvalue weighted by Crippen LogP contribution is 2.25. The molecule has 0 aromatic heterocycles. The zero-order valence-corrected chi connectivity index (χ0v) is 10.4. The van der Waals surface area contributed by atoms with Crippen LogP contribution in [0.5, 0.6) is 11.5 Å². The van der Waals surface area contributed by atoms with E-state index in [0.717, 1.165) is 0 Å². The molecule has 1 amide bonds. The SMILES string of the molecule is COc1ccc(C(=O)N(C)CCN)c(OC)c1. The summed E-state index contributed by atoms with van der Waals surface area (Å²) in [6.07, 6.45) is 0. The van der Waals surface area contributed by atoms with E-state index >= 15 is 0 Å². The third-order valence-corrected chi connectivity index (χ3v) is 2.45. The number of amides is 1. The van der Waals surface area contributed by atoms with E-state index in [1.165, 1.54) is 7.11 Å². The molecule has 1 rings (SSSR count). The van der Waals surface area contributed by atoms with Gasteiger partial charge in [0.15, 0.2) is 0 Å². The van der Waals surface area contributed by atoms with Gasteiger partial charge < -0.3 is 20.1 Å². The summed E-state index contributed by atoms with van der Waals surface area (Å²) in [5.74, 6) is 1.04. The van der Waals surface area contributed by atoms with Gasteiger partial charge in [-0.15, -0.1) is 0 Å². The van der Waals surface area contributed by atoms with Gasteiger partial charge in [0.2, 0.25) is 0 Å². The van der Waals surface area contributed by atoms with Crippen LogP contribution in [0, 0.1) is 0 Å². The molecule has 17 heavy (non-hydrogen) atoms. The van der Waals surface area contributed by atoms with E-state index in [9.17, 15) is 4.79 Å². The maximum Gasteiger partial charge on any atom is 0.257 e. The number of methoxy groups -OCH3 is 2. The Balaban J connectivity index is 3.00. The molecule has 0 aliphatic heterocycles. The average Bonchev–Trinajstić information content (AvgIpc) is 2.37. The Morgan fingerprint density at radius 2 is 2.06 bits per heavy atom. The van der Waals surface area contributed by atoms with Crippen molar-refractivity contribution in [2.24, 2.45) is 5.73 Å². The zero-order chi connectivity index (χ0) is 12.8. The van der Waals surface area contributed by atoms with Crippen molar-refractivity contribution in [1.29, 1.82) is 0 Å². The monoisotopic (exact) mass is 238 g/mol. The molecule has 0 bridgehead atoms. The first kappa shape index (κ1) is 13.3. The Labute approximate surface area is 101 Å². The van der Waals surface area contributed by atoms with Gasteiger partial charge in [0.05, 0.1) is 19.8 Å². The molecule has 0 fully saturated rings. The van der Waals surface area contributed by atoms with Gasteiger partial charge in [-0.2, -0.15) is 0 Å². The van der Waals surface area contributed by atoms with Crippen molar-refractivity contribution < 1.29 is 14.3 Å². The maximum atomic E-state index is 12.1. The number of likely N-dealkylation sites (N-methyl/N-ethyl adjacent to an activating group) is 1. The summed E-state index contributed by atoms with van der Waals surface area (Å²) in [6, 6.07) is 5.10. The fraction of sp³-hybridized carbons (Fsp3) is 0.417. The first-order chi connectivity index (χ1) is 8.13. The lowest BCUT2D eigenvalue weighted by atomic mass is 10.1. The highest BCUT2D eigenvalue weighted by Gasteiger charge is 2.16. The third-order valence-electron chi connectivity index (χ3n) is 2.45. The van der Waals surface area contributed by atoms with E-state index in [2.05, 4.69) is 0 Å². The van der Waals surface area contributed by atoms with Crippen LogP contribution in [-0.4, -0.2) is 45.2 Å². The summed E-state index contributed by atoms with van der Waals surface area (Å²) in [6.45, 7) is 0.939. The minimum absolute atomic E-state index is 0.116. The van der Waals surface area contributed by atoms with E-state index in [4.69, 9.17) is 15.2 Å². The normalized spacial score (nSPS) is 9.88. The molecule has 0 aliphatic carbocycles. The van der Waals surface area contributed by atoms with E-state index in [-0.39, 0.29) is 5.91 Å². The van der Waals surface area contributed by atoms with E-state index in [1.54, 1.807) is 37.3 Å². The largest absolute Gasteiger partial charge is 0.497 e. The first-order valence-corrected chi connectivity index (χ1v) is 5.31. The minimum Gasteiger partial charge on any atom is -0.497 e. The summed E-state index contributed by atoms with van der Waals surface area (Å²) in [5.41, 5.74) is 5.92. The number of carbonyl (C=O) groups is 1. The molecule has 1 aromatic carbocycles. The quantitative estimate of drug-likeness (QED) is 0.821. The summed E-state index contributed by atoms with van der Waals surface area (Å²) in [7, 11) is 4.80. The smallest absolute Gasteiger partial charge is 0.257 e. The van der Waals surface area contributed by atoms with Gasteiger partial charge in [-0.3, -0.25) is 4.79 Å². The molecule has 0 aliphatic rings. The second-order valence-electron chi connectivity index (χ2n) is 3.58. The van der Waals surface area contributed by atoms with Crippen molar-refractivity contribution >= 4 is 5.91 Å². The van der Waals surface area contributed by atoms with Crippen LogP contribution >= 0.6 is 0 Å². The Bertz CT molecular complexity index is 393. The lowest BCUT2D eigenvalue weighted by Crippen LogP contribution is -2.31. The molecule has 0 saturated carbocycles. The van der Waals surface area contributed by atoms with Crippen LogP contribution in [0.25, 0.3) is 0 Å². The second kappa shape index (κ2) is 6.10. The molecule has 0 heterocycles. The topological polar surface area (TPSA) is 64.8 Å². The number of nitrogens with zero attached hydrogens (tertiary/aromatic N) is 1. The Hall–Kier alpha value is -1.75. The van der Waals surface area contributed by atoms with Crippen LogP contribution in [0.4, 0.5) is 0 Å². The van der Waals surface area contributed by atoms with Gasteiger partial charge >= 0.3 is 0 Å². The van der Waals surface area contributed by atoms with Crippen LogP contribution in [0.3, 0.4) is 0 Å². The molecule has 1 aromatic rings. The van der Waals surface area contributed by atoms with Gasteiger partial charge in [0.25, 0.3) is 5.91 Å². The summed E-state index contributed by atoms with van der Waals surface area (Å²) < 4.78 is 10.3. The maximum absolute atomic E-state index is 12.1. The lowest BCUT2D eigenvalue weighted by Gasteiger charge is -2.18. The lowest BCUT2D eigenvalue weighted by molar-refractivity contribution is 0.0795. The number of ether oxygens (including phenoxy) is 2. The zero-order valence-electron chi connectivity index (χ0n) is 10.4. The third kappa shape index (κ3) is 3.10. The number of nitrogens with two attached hydrogens (primary N) is 1. The number of benzene rings is 1. The van der Waals surface area contributed by atoms with Gasteiger partial charge in [-0.05, 0) is 12.1 Å². The van der Waals surface area contributed by atoms with Crippen LogP contribution in [0.2, 0.25) is 0 Å². The predicted molar refractivity (Wildman–Crippen MR) is 65.6 cm³/mol. The number of rotatable bonds is 5. The highest BCUT2D eigenvalue weighted by molar-refractivity contribution is 5.97. The number of hydrogen-bond acceptors (Lipinski definition) is 4. The van der Waals surface area contributed by atoms with Crippen molar-refractivity contribution in [2.45, 2.75) is 0 Å². The van der Waals surface area contributed by atoms with Crippen molar-refractivity contribution in [1.82, 2.24) is 4.90 Å². The second-order valence-corrected chi connectivity index (χ2v) is 3.58. The van der Waals surface area contributed by atoms with Crippen LogP contribution in [0.1, 0.15) is 10.4 Å². The molecule has 5 nitrogen and oxygen atoms in total.